The van der Waals surface area contributed by atoms with Gasteiger partial charge in [0.2, 0.25) is 5.91 Å². The van der Waals surface area contributed by atoms with Crippen LogP contribution in [0.1, 0.15) is 35.7 Å². The van der Waals surface area contributed by atoms with E-state index in [0.717, 1.165) is 22.9 Å². The third-order valence-corrected chi connectivity index (χ3v) is 5.38. The standard InChI is InChI=1S/C22H20N2O5S/c1-2-3-14-29-22(26)20-17-6-4-5-7-18(17)30-21(20)23-19(25)13-10-15-8-11-16(12-9-15)24(27)28/h4-13H,2-3,14H2,1H3,(H,23,25). The molecular weight excluding hydrogens is 404 g/mol. The lowest BCUT2D eigenvalue weighted by Crippen LogP contribution is -2.12. The van der Waals surface area contributed by atoms with Crippen LogP contribution in [-0.2, 0) is 9.53 Å². The highest BCUT2D eigenvalue weighted by Crippen LogP contribution is 2.36. The number of nitrogens with zero attached hydrogens (tertiary/aromatic N) is 1. The summed E-state index contributed by atoms with van der Waals surface area (Å²) in [6.07, 6.45) is 4.55. The Bertz CT molecular complexity index is 1100. The Hall–Kier alpha value is -3.52. The maximum Gasteiger partial charge on any atom is 0.341 e. The van der Waals surface area contributed by atoms with Crippen LogP contribution in [0.4, 0.5) is 10.7 Å². The number of nitro benzene ring substituents is 1. The molecule has 0 aliphatic carbocycles. The van der Waals surface area contributed by atoms with Gasteiger partial charge in [-0.3, -0.25) is 14.9 Å². The minimum atomic E-state index is -0.483. The zero-order valence-corrected chi connectivity index (χ0v) is 17.1. The summed E-state index contributed by atoms with van der Waals surface area (Å²) in [4.78, 5) is 35.3. The van der Waals surface area contributed by atoms with E-state index in [2.05, 4.69) is 5.32 Å². The second kappa shape index (κ2) is 9.80. The quantitative estimate of drug-likeness (QED) is 0.171. The number of hydrogen-bond acceptors (Lipinski definition) is 6. The van der Waals surface area contributed by atoms with E-state index in [9.17, 15) is 19.7 Å². The van der Waals surface area contributed by atoms with Gasteiger partial charge in [-0.1, -0.05) is 31.5 Å². The van der Waals surface area contributed by atoms with Crippen molar-refractivity contribution in [2.45, 2.75) is 19.8 Å². The van der Waals surface area contributed by atoms with Gasteiger partial charge in [-0.05, 0) is 36.3 Å². The highest BCUT2D eigenvalue weighted by molar-refractivity contribution is 7.23. The number of fused-ring (bicyclic) bond motifs is 1. The van der Waals surface area contributed by atoms with E-state index in [0.29, 0.717) is 22.7 Å². The van der Waals surface area contributed by atoms with Crippen LogP contribution in [0.15, 0.2) is 54.6 Å². The maximum atomic E-state index is 12.6. The summed E-state index contributed by atoms with van der Waals surface area (Å²) in [5, 5.41) is 14.6. The SMILES string of the molecule is CCCCOC(=O)c1c(NC(=O)C=Cc2ccc([N+](=O)[O-])cc2)sc2ccccc12. The van der Waals surface area contributed by atoms with Crippen molar-refractivity contribution < 1.29 is 19.2 Å². The molecule has 0 fully saturated rings. The first-order chi connectivity index (χ1) is 14.5. The molecule has 1 N–H and O–H groups in total. The van der Waals surface area contributed by atoms with Crippen molar-refractivity contribution in [2.24, 2.45) is 0 Å². The summed E-state index contributed by atoms with van der Waals surface area (Å²) >= 11 is 1.30. The molecule has 1 amide bonds. The third kappa shape index (κ3) is 5.09. The molecule has 0 saturated carbocycles. The van der Waals surface area contributed by atoms with E-state index in [1.807, 2.05) is 31.2 Å². The van der Waals surface area contributed by atoms with Crippen LogP contribution in [-0.4, -0.2) is 23.4 Å². The van der Waals surface area contributed by atoms with E-state index in [4.69, 9.17) is 4.74 Å². The molecule has 0 saturated heterocycles. The van der Waals surface area contributed by atoms with E-state index < -0.39 is 16.8 Å². The molecule has 30 heavy (non-hydrogen) atoms. The number of esters is 1. The number of benzene rings is 2. The predicted octanol–water partition coefficient (Wildman–Crippen LogP) is 5.42. The number of non-ortho nitro benzene ring substituents is 1. The Balaban J connectivity index is 1.78. The predicted molar refractivity (Wildman–Crippen MR) is 118 cm³/mol. The fourth-order valence-corrected chi connectivity index (χ4v) is 3.84. The minimum absolute atomic E-state index is 0.0203. The van der Waals surface area contributed by atoms with Crippen LogP contribution in [0.2, 0.25) is 0 Å². The summed E-state index contributed by atoms with van der Waals surface area (Å²) in [7, 11) is 0. The van der Waals surface area contributed by atoms with Gasteiger partial charge in [-0.15, -0.1) is 11.3 Å². The normalized spacial score (nSPS) is 11.0. The summed E-state index contributed by atoms with van der Waals surface area (Å²) in [5.74, 6) is -0.877. The number of amides is 1. The van der Waals surface area contributed by atoms with Crippen LogP contribution in [0.3, 0.4) is 0 Å². The number of nitro groups is 1. The van der Waals surface area contributed by atoms with Gasteiger partial charge in [0.25, 0.3) is 5.69 Å². The highest BCUT2D eigenvalue weighted by Gasteiger charge is 2.21. The first kappa shape index (κ1) is 21.2. The van der Waals surface area contributed by atoms with Crippen molar-refractivity contribution in [3.05, 3.63) is 75.8 Å². The number of unbranched alkanes of at least 4 members (excludes halogenated alkanes) is 1. The molecule has 0 aliphatic heterocycles. The summed E-state index contributed by atoms with van der Waals surface area (Å²) in [6.45, 7) is 2.34. The van der Waals surface area contributed by atoms with Gasteiger partial charge in [0.05, 0.1) is 11.5 Å². The Morgan fingerprint density at radius 2 is 1.90 bits per heavy atom. The number of anilines is 1. The average Bonchev–Trinajstić information content (AvgIpc) is 3.10. The maximum absolute atomic E-state index is 12.6. The van der Waals surface area contributed by atoms with Crippen LogP contribution in [0.25, 0.3) is 16.2 Å². The number of thiophene rings is 1. The van der Waals surface area contributed by atoms with Crippen molar-refractivity contribution in [2.75, 3.05) is 11.9 Å². The van der Waals surface area contributed by atoms with Crippen molar-refractivity contribution in [3.8, 4) is 0 Å². The molecule has 0 aliphatic rings. The molecule has 7 nitrogen and oxygen atoms in total. The monoisotopic (exact) mass is 424 g/mol. The van der Waals surface area contributed by atoms with Crippen molar-refractivity contribution in [3.63, 3.8) is 0 Å². The lowest BCUT2D eigenvalue weighted by molar-refractivity contribution is -0.384. The van der Waals surface area contributed by atoms with Crippen molar-refractivity contribution in [1.82, 2.24) is 0 Å². The zero-order valence-electron chi connectivity index (χ0n) is 16.3. The molecule has 0 bridgehead atoms. The van der Waals surface area contributed by atoms with Gasteiger partial charge in [0.15, 0.2) is 0 Å². The Kier molecular flexibility index (Phi) is 6.92. The summed E-state index contributed by atoms with van der Waals surface area (Å²) < 4.78 is 6.23. The number of nitrogens with one attached hydrogen (secondary N) is 1. The van der Waals surface area contributed by atoms with Crippen molar-refractivity contribution in [1.29, 1.82) is 0 Å². The van der Waals surface area contributed by atoms with E-state index in [1.165, 1.54) is 29.5 Å². The van der Waals surface area contributed by atoms with Gasteiger partial charge < -0.3 is 10.1 Å². The minimum Gasteiger partial charge on any atom is -0.462 e. The second-order valence-electron chi connectivity index (χ2n) is 6.46. The number of carbonyl (C=O) groups excluding carboxylic acids is 2. The molecule has 1 heterocycles. The highest BCUT2D eigenvalue weighted by atomic mass is 32.1. The van der Waals surface area contributed by atoms with Gasteiger partial charge in [0.1, 0.15) is 10.6 Å². The molecule has 2 aromatic carbocycles. The lowest BCUT2D eigenvalue weighted by atomic mass is 10.1. The van der Waals surface area contributed by atoms with Crippen LogP contribution in [0.5, 0.6) is 0 Å². The summed E-state index contributed by atoms with van der Waals surface area (Å²) in [6, 6.07) is 13.2. The van der Waals surface area contributed by atoms with Gasteiger partial charge in [0, 0.05) is 28.3 Å². The largest absolute Gasteiger partial charge is 0.462 e. The Labute approximate surface area is 177 Å². The molecule has 1 aromatic heterocycles. The molecular formula is C22H20N2O5S. The van der Waals surface area contributed by atoms with E-state index in [-0.39, 0.29) is 5.69 Å². The van der Waals surface area contributed by atoms with E-state index in [1.54, 1.807) is 18.2 Å². The fraction of sp³-hybridized carbons (Fsp3) is 0.182. The first-order valence-electron chi connectivity index (χ1n) is 9.41. The number of carbonyl (C=O) groups is 2. The zero-order chi connectivity index (χ0) is 21.5. The number of ether oxygens (including phenoxy) is 1. The molecule has 0 atom stereocenters. The molecule has 0 radical (unpaired) electrons. The van der Waals surface area contributed by atoms with Gasteiger partial charge >= 0.3 is 5.97 Å². The lowest BCUT2D eigenvalue weighted by Gasteiger charge is -2.06. The number of rotatable bonds is 8. The third-order valence-electron chi connectivity index (χ3n) is 4.30. The van der Waals surface area contributed by atoms with E-state index >= 15 is 0 Å². The van der Waals surface area contributed by atoms with Gasteiger partial charge in [-0.25, -0.2) is 4.79 Å². The van der Waals surface area contributed by atoms with Crippen LogP contribution in [0, 0.1) is 10.1 Å². The van der Waals surface area contributed by atoms with Crippen LogP contribution < -0.4 is 5.32 Å². The second-order valence-corrected chi connectivity index (χ2v) is 7.52. The average molecular weight is 424 g/mol. The fourth-order valence-electron chi connectivity index (χ4n) is 2.75. The molecule has 8 heteroatoms. The molecule has 3 rings (SSSR count). The molecule has 3 aromatic rings. The summed E-state index contributed by atoms with van der Waals surface area (Å²) in [5.41, 5.74) is 0.975. The van der Waals surface area contributed by atoms with Gasteiger partial charge in [-0.2, -0.15) is 0 Å². The topological polar surface area (TPSA) is 98.5 Å². The molecule has 0 spiro atoms. The molecule has 154 valence electrons. The number of hydrogen-bond donors (Lipinski definition) is 1. The molecule has 0 unspecified atom stereocenters. The van der Waals surface area contributed by atoms with Crippen LogP contribution >= 0.6 is 11.3 Å². The first-order valence-corrected chi connectivity index (χ1v) is 10.2. The Morgan fingerprint density at radius 1 is 1.17 bits per heavy atom. The Morgan fingerprint density at radius 3 is 2.60 bits per heavy atom. The van der Waals surface area contributed by atoms with Crippen molar-refractivity contribution >= 4 is 50.1 Å². The smallest absolute Gasteiger partial charge is 0.341 e.